The highest BCUT2D eigenvalue weighted by atomic mass is 79.9. The van der Waals surface area contributed by atoms with Gasteiger partial charge in [0, 0.05) is 15.7 Å². The van der Waals surface area contributed by atoms with Crippen molar-refractivity contribution >= 4 is 32.0 Å². The van der Waals surface area contributed by atoms with E-state index in [0.29, 0.717) is 9.51 Å². The first-order valence-corrected chi connectivity index (χ1v) is 5.24. The van der Waals surface area contributed by atoms with Crippen molar-refractivity contribution in [2.45, 2.75) is 13.8 Å². The largest absolute Gasteiger partial charge is 0.761 e. The van der Waals surface area contributed by atoms with Crippen molar-refractivity contribution in [1.82, 2.24) is 5.48 Å². The molecule has 0 aliphatic heterocycles. The highest BCUT2D eigenvalue weighted by molar-refractivity contribution is 9.15. The van der Waals surface area contributed by atoms with E-state index in [4.69, 9.17) is 11.6 Å². The topological polar surface area (TPSA) is 35.1 Å². The van der Waals surface area contributed by atoms with Crippen LogP contribution in [0.25, 0.3) is 4.48 Å². The molecule has 0 saturated heterocycles. The zero-order chi connectivity index (χ0) is 10.7. The van der Waals surface area contributed by atoms with Crippen LogP contribution in [0.3, 0.4) is 0 Å². The Labute approximate surface area is 96.7 Å². The van der Waals surface area contributed by atoms with E-state index in [1.807, 2.05) is 26.0 Å². The molecular formula is C10H10BrClNO-. The van der Waals surface area contributed by atoms with Crippen LogP contribution in [0.15, 0.2) is 18.3 Å². The Kier molecular flexibility index (Phi) is 3.98. The van der Waals surface area contributed by atoms with Crippen LogP contribution in [0.5, 0.6) is 0 Å². The summed E-state index contributed by atoms with van der Waals surface area (Å²) in [5.74, 6) is 0. The molecule has 0 spiro atoms. The zero-order valence-corrected chi connectivity index (χ0v) is 10.2. The Balaban J connectivity index is 3.27. The maximum absolute atomic E-state index is 10.2. The first kappa shape index (κ1) is 11.6. The Hall–Kier alpha value is -0.510. The number of hydrogen-bond donors (Lipinski definition) is 1. The van der Waals surface area contributed by atoms with Gasteiger partial charge < -0.3 is 10.7 Å². The third-order valence-electron chi connectivity index (χ3n) is 1.93. The van der Waals surface area contributed by atoms with E-state index in [1.165, 1.54) is 6.20 Å². The second-order valence-electron chi connectivity index (χ2n) is 3.03. The lowest BCUT2D eigenvalue weighted by molar-refractivity contribution is 1.22. The van der Waals surface area contributed by atoms with Gasteiger partial charge in [-0.15, -0.1) is 0 Å². The molecule has 0 aromatic heterocycles. The third kappa shape index (κ3) is 2.50. The van der Waals surface area contributed by atoms with E-state index < -0.39 is 0 Å². The normalized spacial score (nSPS) is 11.6. The summed E-state index contributed by atoms with van der Waals surface area (Å²) >= 11 is 9.32. The number of hydroxylamine groups is 1. The van der Waals surface area contributed by atoms with E-state index in [1.54, 1.807) is 5.48 Å². The van der Waals surface area contributed by atoms with Crippen LogP contribution < -0.4 is 5.48 Å². The van der Waals surface area contributed by atoms with Crippen LogP contribution in [-0.2, 0) is 0 Å². The summed E-state index contributed by atoms with van der Waals surface area (Å²) in [5.41, 5.74) is 4.68. The second-order valence-corrected chi connectivity index (χ2v) is 4.29. The van der Waals surface area contributed by atoms with Gasteiger partial charge in [-0.2, -0.15) is 0 Å². The second kappa shape index (κ2) is 4.82. The van der Waals surface area contributed by atoms with Gasteiger partial charge in [0.2, 0.25) is 0 Å². The minimum Gasteiger partial charge on any atom is -0.761 e. The third-order valence-corrected chi connectivity index (χ3v) is 2.98. The highest BCUT2D eigenvalue weighted by Gasteiger charge is 2.06. The van der Waals surface area contributed by atoms with Crippen LogP contribution in [0.1, 0.15) is 16.7 Å². The van der Waals surface area contributed by atoms with Crippen LogP contribution >= 0.6 is 27.5 Å². The first-order valence-electron chi connectivity index (χ1n) is 4.06. The maximum Gasteiger partial charge on any atom is 0.0444 e. The van der Waals surface area contributed by atoms with Crippen LogP contribution in [-0.4, -0.2) is 0 Å². The molecule has 0 unspecified atom stereocenters. The summed E-state index contributed by atoms with van der Waals surface area (Å²) in [6, 6.07) is 3.87. The van der Waals surface area contributed by atoms with Gasteiger partial charge in [-0.25, -0.2) is 0 Å². The molecule has 0 fully saturated rings. The molecule has 0 bridgehead atoms. The summed E-state index contributed by atoms with van der Waals surface area (Å²) in [5, 5.41) is 10.9. The van der Waals surface area contributed by atoms with Crippen molar-refractivity contribution in [2.24, 2.45) is 0 Å². The monoisotopic (exact) mass is 274 g/mol. The Morgan fingerprint density at radius 3 is 2.71 bits per heavy atom. The fourth-order valence-corrected chi connectivity index (χ4v) is 1.97. The summed E-state index contributed by atoms with van der Waals surface area (Å²) in [6.45, 7) is 3.87. The number of hydrogen-bond acceptors (Lipinski definition) is 2. The lowest BCUT2D eigenvalue weighted by Crippen LogP contribution is -1.93. The van der Waals surface area contributed by atoms with Gasteiger partial charge in [0.15, 0.2) is 0 Å². The standard InChI is InChI=1S/C10H10BrClNO/c1-6-3-8(9(11)5-13-14)7(2)10(12)4-6/h3-5,13H,1-2H3/q-1/b9-5+. The first-order chi connectivity index (χ1) is 6.56. The average molecular weight is 276 g/mol. The average Bonchev–Trinajstić information content (AvgIpc) is 2.11. The van der Waals surface area contributed by atoms with Crippen molar-refractivity contribution in [1.29, 1.82) is 0 Å². The van der Waals surface area contributed by atoms with Crippen molar-refractivity contribution in [3.63, 3.8) is 0 Å². The fourth-order valence-electron chi connectivity index (χ4n) is 1.19. The Bertz CT molecular complexity index is 377. The quantitative estimate of drug-likeness (QED) is 0.835. The lowest BCUT2D eigenvalue weighted by Gasteiger charge is -2.10. The van der Waals surface area contributed by atoms with E-state index in [9.17, 15) is 5.21 Å². The molecule has 0 aliphatic rings. The van der Waals surface area contributed by atoms with E-state index >= 15 is 0 Å². The SMILES string of the molecule is Cc1cc(Cl)c(C)c(/C(Br)=C\N[O-])c1. The molecule has 4 heteroatoms. The van der Waals surface area contributed by atoms with Crippen LogP contribution in [0.2, 0.25) is 5.02 Å². The lowest BCUT2D eigenvalue weighted by atomic mass is 10.1. The number of benzene rings is 1. The summed E-state index contributed by atoms with van der Waals surface area (Å²) in [7, 11) is 0. The van der Waals surface area contributed by atoms with E-state index in [0.717, 1.165) is 16.7 Å². The Morgan fingerprint density at radius 1 is 1.50 bits per heavy atom. The van der Waals surface area contributed by atoms with Crippen molar-refractivity contribution < 1.29 is 0 Å². The van der Waals surface area contributed by atoms with Gasteiger partial charge in [0.25, 0.3) is 0 Å². The molecule has 14 heavy (non-hydrogen) atoms. The summed E-state index contributed by atoms with van der Waals surface area (Å²) in [4.78, 5) is 0. The molecule has 0 saturated carbocycles. The van der Waals surface area contributed by atoms with Crippen molar-refractivity contribution in [3.8, 4) is 0 Å². The van der Waals surface area contributed by atoms with E-state index in [-0.39, 0.29) is 0 Å². The van der Waals surface area contributed by atoms with Gasteiger partial charge in [-0.3, -0.25) is 0 Å². The van der Waals surface area contributed by atoms with Gasteiger partial charge in [-0.1, -0.05) is 17.7 Å². The molecule has 0 amide bonds. The molecule has 0 aliphatic carbocycles. The molecule has 1 aromatic rings. The molecule has 0 atom stereocenters. The molecule has 1 rings (SSSR count). The van der Waals surface area contributed by atoms with Crippen molar-refractivity contribution in [3.05, 3.63) is 45.3 Å². The van der Waals surface area contributed by atoms with Crippen molar-refractivity contribution in [2.75, 3.05) is 0 Å². The number of rotatable bonds is 2. The molecule has 0 heterocycles. The van der Waals surface area contributed by atoms with Crippen LogP contribution in [0.4, 0.5) is 0 Å². The smallest absolute Gasteiger partial charge is 0.0444 e. The predicted molar refractivity (Wildman–Crippen MR) is 64.3 cm³/mol. The highest BCUT2D eigenvalue weighted by Crippen LogP contribution is 2.29. The minimum absolute atomic E-state index is 0.704. The molecule has 1 N–H and O–H groups in total. The van der Waals surface area contributed by atoms with Crippen LogP contribution in [0, 0.1) is 19.1 Å². The molecule has 2 nitrogen and oxygen atoms in total. The van der Waals surface area contributed by atoms with Gasteiger partial charge in [0.05, 0.1) is 0 Å². The fraction of sp³-hybridized carbons (Fsp3) is 0.200. The van der Waals surface area contributed by atoms with Gasteiger partial charge in [0.1, 0.15) is 0 Å². The minimum atomic E-state index is 0.704. The molecule has 76 valence electrons. The number of aryl methyl sites for hydroxylation is 1. The van der Waals surface area contributed by atoms with Gasteiger partial charge in [-0.05, 0) is 52.5 Å². The Morgan fingerprint density at radius 2 is 2.14 bits per heavy atom. The zero-order valence-electron chi connectivity index (χ0n) is 7.90. The molecular weight excluding hydrogens is 265 g/mol. The van der Waals surface area contributed by atoms with Gasteiger partial charge >= 0.3 is 0 Å². The van der Waals surface area contributed by atoms with E-state index in [2.05, 4.69) is 15.9 Å². The predicted octanol–water partition coefficient (Wildman–Crippen LogP) is 3.74. The summed E-state index contributed by atoms with van der Waals surface area (Å²) < 4.78 is 0.704. The number of halogens is 2. The molecule has 0 radical (unpaired) electrons. The maximum atomic E-state index is 10.2. The summed E-state index contributed by atoms with van der Waals surface area (Å²) in [6.07, 6.45) is 1.35. The number of nitrogens with one attached hydrogen (secondary N) is 1. The molecule has 1 aromatic carbocycles.